The van der Waals surface area contributed by atoms with Gasteiger partial charge in [-0.2, -0.15) is 5.10 Å². The molecule has 2 aromatic heterocycles. The number of fused-ring (bicyclic) bond motifs is 1. The van der Waals surface area contributed by atoms with Crippen LogP contribution in [0, 0.1) is 5.92 Å². The highest BCUT2D eigenvalue weighted by molar-refractivity contribution is 5.90. The number of aromatic nitrogens is 3. The Morgan fingerprint density at radius 1 is 1.35 bits per heavy atom. The molecule has 3 aliphatic rings. The van der Waals surface area contributed by atoms with Gasteiger partial charge >= 0.3 is 5.97 Å². The maximum absolute atomic E-state index is 13.2. The number of carbonyl (C=O) groups excluding carboxylic acids is 1. The predicted octanol–water partition coefficient (Wildman–Crippen LogP) is 2.57. The van der Waals surface area contributed by atoms with Crippen LogP contribution in [0.25, 0.3) is 0 Å². The van der Waals surface area contributed by atoms with E-state index >= 15 is 0 Å². The molecule has 37 heavy (non-hydrogen) atoms. The van der Waals surface area contributed by atoms with Crippen molar-refractivity contribution in [3.8, 4) is 0 Å². The smallest absolute Gasteiger partial charge is 0.326 e. The molecule has 3 N–H and O–H groups in total. The van der Waals surface area contributed by atoms with E-state index in [2.05, 4.69) is 27.9 Å². The maximum atomic E-state index is 13.2. The summed E-state index contributed by atoms with van der Waals surface area (Å²) >= 11 is 0. The average molecular weight is 512 g/mol. The highest BCUT2D eigenvalue weighted by atomic mass is 16.5. The van der Waals surface area contributed by atoms with Gasteiger partial charge in [0.15, 0.2) is 5.60 Å². The standard InChI is InChI=1S/C27H37N5O5/c1-32-17-20(16-29-32)27(10-3-12-37-27)26(35)31-23(25(33)34)9-13-36-22-14-18(15-22)5-7-21-8-6-19-4-2-11-28-24(19)30-21/h6,8,16-18,22-23H,2-5,7,9-15H2,1H3,(H,28,30)(H,31,35)(H,33,34)/t18-,22-,23-,27?/m0/s1. The molecule has 2 fully saturated rings. The average Bonchev–Trinajstić information content (AvgIpc) is 3.54. The van der Waals surface area contributed by atoms with Crippen LogP contribution in [-0.4, -0.2) is 63.7 Å². The third-order valence-corrected chi connectivity index (χ3v) is 7.88. The number of hydrogen-bond donors (Lipinski definition) is 3. The Morgan fingerprint density at radius 2 is 2.22 bits per heavy atom. The Morgan fingerprint density at radius 3 is 2.95 bits per heavy atom. The number of nitrogens with one attached hydrogen (secondary N) is 2. The molecule has 2 aliphatic heterocycles. The number of carboxylic acids is 1. The monoisotopic (exact) mass is 511 g/mol. The second-order valence-electron chi connectivity index (χ2n) is 10.5. The van der Waals surface area contributed by atoms with Crippen molar-refractivity contribution in [3.05, 3.63) is 41.3 Å². The third-order valence-electron chi connectivity index (χ3n) is 7.88. The van der Waals surface area contributed by atoms with E-state index in [1.54, 1.807) is 24.1 Å². The zero-order valence-electron chi connectivity index (χ0n) is 21.4. The van der Waals surface area contributed by atoms with E-state index in [1.165, 1.54) is 5.56 Å². The zero-order chi connectivity index (χ0) is 25.8. The van der Waals surface area contributed by atoms with Crippen molar-refractivity contribution in [2.75, 3.05) is 25.1 Å². The molecular weight excluding hydrogens is 474 g/mol. The summed E-state index contributed by atoms with van der Waals surface area (Å²) in [5.41, 5.74) is 1.90. The fourth-order valence-corrected chi connectivity index (χ4v) is 5.60. The number of ether oxygens (including phenoxy) is 2. The van der Waals surface area contributed by atoms with Gasteiger partial charge in [0, 0.05) is 50.7 Å². The predicted molar refractivity (Wildman–Crippen MR) is 136 cm³/mol. The van der Waals surface area contributed by atoms with Crippen LogP contribution >= 0.6 is 0 Å². The van der Waals surface area contributed by atoms with Crippen LogP contribution in [0.3, 0.4) is 0 Å². The van der Waals surface area contributed by atoms with Gasteiger partial charge in [-0.05, 0) is 68.9 Å². The normalized spacial score (nSPS) is 25.5. The molecule has 10 heteroatoms. The lowest BCUT2D eigenvalue weighted by atomic mass is 9.79. The molecule has 0 radical (unpaired) electrons. The summed E-state index contributed by atoms with van der Waals surface area (Å²) in [7, 11) is 1.77. The molecule has 5 rings (SSSR count). The number of aryl methyl sites for hydroxylation is 3. The largest absolute Gasteiger partial charge is 0.480 e. The van der Waals surface area contributed by atoms with Crippen molar-refractivity contribution in [3.63, 3.8) is 0 Å². The molecule has 4 heterocycles. The molecule has 0 spiro atoms. The first-order chi connectivity index (χ1) is 17.9. The van der Waals surface area contributed by atoms with Crippen molar-refractivity contribution < 1.29 is 24.2 Å². The lowest BCUT2D eigenvalue weighted by Crippen LogP contribution is -2.51. The van der Waals surface area contributed by atoms with Gasteiger partial charge in [0.2, 0.25) is 0 Å². The van der Waals surface area contributed by atoms with Gasteiger partial charge in [-0.25, -0.2) is 9.78 Å². The second kappa shape index (κ2) is 11.2. The van der Waals surface area contributed by atoms with E-state index in [1.807, 2.05) is 0 Å². The van der Waals surface area contributed by atoms with Gasteiger partial charge in [-0.1, -0.05) is 6.07 Å². The summed E-state index contributed by atoms with van der Waals surface area (Å²) < 4.78 is 13.4. The number of amides is 1. The van der Waals surface area contributed by atoms with Crippen LogP contribution in [0.2, 0.25) is 0 Å². The van der Waals surface area contributed by atoms with Crippen LogP contribution in [0.15, 0.2) is 24.5 Å². The van der Waals surface area contributed by atoms with E-state index in [0.717, 1.165) is 63.0 Å². The summed E-state index contributed by atoms with van der Waals surface area (Å²) in [6.07, 6.45) is 11.2. The Bertz CT molecular complexity index is 1110. The third kappa shape index (κ3) is 5.80. The van der Waals surface area contributed by atoms with Crippen molar-refractivity contribution in [2.45, 2.75) is 75.5 Å². The van der Waals surface area contributed by atoms with Crippen molar-refractivity contribution in [1.82, 2.24) is 20.1 Å². The molecule has 2 aromatic rings. The summed E-state index contributed by atoms with van der Waals surface area (Å²) in [6, 6.07) is 3.31. The van der Waals surface area contributed by atoms with Crippen LogP contribution in [-0.2, 0) is 44.6 Å². The molecule has 0 bridgehead atoms. The molecular formula is C27H37N5O5. The number of carboxylic acid groups (broad SMARTS) is 1. The molecule has 1 saturated heterocycles. The zero-order valence-corrected chi connectivity index (χ0v) is 21.4. The Kier molecular flexibility index (Phi) is 7.76. The van der Waals surface area contributed by atoms with E-state index in [0.29, 0.717) is 24.5 Å². The van der Waals surface area contributed by atoms with Crippen molar-refractivity contribution >= 4 is 17.7 Å². The maximum Gasteiger partial charge on any atom is 0.326 e. The number of carbonyl (C=O) groups is 2. The number of rotatable bonds is 11. The Labute approximate surface area is 217 Å². The fraction of sp³-hybridized carbons (Fsp3) is 0.630. The highest BCUT2D eigenvalue weighted by Crippen LogP contribution is 2.37. The second-order valence-corrected chi connectivity index (χ2v) is 10.5. The number of nitrogens with zero attached hydrogens (tertiary/aromatic N) is 3. The highest BCUT2D eigenvalue weighted by Gasteiger charge is 2.46. The van der Waals surface area contributed by atoms with E-state index in [4.69, 9.17) is 14.5 Å². The van der Waals surface area contributed by atoms with E-state index in [-0.39, 0.29) is 19.1 Å². The number of hydrogen-bond acceptors (Lipinski definition) is 7. The first-order valence-corrected chi connectivity index (χ1v) is 13.4. The summed E-state index contributed by atoms with van der Waals surface area (Å²) in [6.45, 7) is 1.73. The van der Waals surface area contributed by atoms with Gasteiger partial charge in [0.25, 0.3) is 5.91 Å². The summed E-state index contributed by atoms with van der Waals surface area (Å²) in [4.78, 5) is 29.8. The number of anilines is 1. The molecule has 0 aromatic carbocycles. The quantitative estimate of drug-likeness (QED) is 0.420. The Hall–Kier alpha value is -2.98. The molecule has 1 saturated carbocycles. The van der Waals surface area contributed by atoms with Gasteiger partial charge in [0.1, 0.15) is 11.9 Å². The Balaban J connectivity index is 1.05. The summed E-state index contributed by atoms with van der Waals surface area (Å²) in [5.74, 6) is 0.143. The molecule has 10 nitrogen and oxygen atoms in total. The minimum Gasteiger partial charge on any atom is -0.480 e. The SMILES string of the molecule is Cn1cc(C2(C(=O)N[C@@H](CCO[C@H]3C[C@H](CCc4ccc5c(n4)NCCC5)C3)C(=O)O)CCCO2)cn1. The van der Waals surface area contributed by atoms with Gasteiger partial charge in [-0.3, -0.25) is 9.48 Å². The van der Waals surface area contributed by atoms with Gasteiger partial charge in [-0.15, -0.1) is 0 Å². The van der Waals surface area contributed by atoms with Crippen molar-refractivity contribution in [1.29, 1.82) is 0 Å². The lowest BCUT2D eigenvalue weighted by molar-refractivity contribution is -0.150. The van der Waals surface area contributed by atoms with Gasteiger partial charge in [0.05, 0.1) is 12.3 Å². The molecule has 2 atom stereocenters. The molecule has 1 unspecified atom stereocenters. The van der Waals surface area contributed by atoms with E-state index < -0.39 is 23.5 Å². The summed E-state index contributed by atoms with van der Waals surface area (Å²) in [5, 5.41) is 20.0. The molecule has 200 valence electrons. The number of aliphatic carboxylic acids is 1. The minimum absolute atomic E-state index is 0.146. The molecule has 1 amide bonds. The van der Waals surface area contributed by atoms with Gasteiger partial charge < -0.3 is 25.2 Å². The molecule has 1 aliphatic carbocycles. The first kappa shape index (κ1) is 25.7. The minimum atomic E-state index is -1.19. The van der Waals surface area contributed by atoms with Crippen molar-refractivity contribution in [2.24, 2.45) is 13.0 Å². The van der Waals surface area contributed by atoms with Crippen LogP contribution in [0.1, 0.15) is 61.8 Å². The fourth-order valence-electron chi connectivity index (χ4n) is 5.60. The van der Waals surface area contributed by atoms with Crippen LogP contribution < -0.4 is 10.6 Å². The first-order valence-electron chi connectivity index (χ1n) is 13.4. The topological polar surface area (TPSA) is 128 Å². The van der Waals surface area contributed by atoms with E-state index in [9.17, 15) is 14.7 Å². The van der Waals surface area contributed by atoms with Crippen LogP contribution in [0.5, 0.6) is 0 Å². The van der Waals surface area contributed by atoms with Crippen LogP contribution in [0.4, 0.5) is 5.82 Å². The number of pyridine rings is 1. The lowest BCUT2D eigenvalue weighted by Gasteiger charge is -2.35.